The zero-order valence-corrected chi connectivity index (χ0v) is 15.2. The lowest BCUT2D eigenvalue weighted by Gasteiger charge is -2.10. The van der Waals surface area contributed by atoms with Crippen LogP contribution >= 0.6 is 0 Å². The molecule has 26 heavy (non-hydrogen) atoms. The maximum absolute atomic E-state index is 12.5. The number of anilines is 1. The van der Waals surface area contributed by atoms with Crippen molar-refractivity contribution in [3.63, 3.8) is 0 Å². The molecular formula is C19H20N4O3. The third-order valence-corrected chi connectivity index (χ3v) is 4.18. The molecule has 0 bridgehead atoms. The predicted octanol–water partition coefficient (Wildman–Crippen LogP) is 2.67. The van der Waals surface area contributed by atoms with E-state index in [0.717, 1.165) is 16.7 Å². The second-order valence-electron chi connectivity index (χ2n) is 6.11. The van der Waals surface area contributed by atoms with Gasteiger partial charge in [-0.2, -0.15) is 5.10 Å². The standard InChI is InChI=1S/C19H20N4O3/c1-11-16-9-15(10-20-19(16)23(3)22-11)21-18(25)8-14-7-13(12(2)24)5-6-17(14)26-4/h5-7,9-10H,8H2,1-4H3,(H,21,25). The topological polar surface area (TPSA) is 86.1 Å². The van der Waals surface area contributed by atoms with Crippen molar-refractivity contribution >= 4 is 28.4 Å². The Morgan fingerprint density at radius 2 is 2.04 bits per heavy atom. The number of hydrogen-bond acceptors (Lipinski definition) is 5. The fraction of sp³-hybridized carbons (Fsp3) is 0.263. The normalized spacial score (nSPS) is 10.8. The number of pyridine rings is 1. The van der Waals surface area contributed by atoms with E-state index >= 15 is 0 Å². The third kappa shape index (κ3) is 3.42. The molecule has 2 heterocycles. The molecule has 0 fully saturated rings. The molecule has 7 nitrogen and oxygen atoms in total. The van der Waals surface area contributed by atoms with E-state index in [-0.39, 0.29) is 18.1 Å². The smallest absolute Gasteiger partial charge is 0.228 e. The van der Waals surface area contributed by atoms with Gasteiger partial charge in [-0.1, -0.05) is 0 Å². The Hall–Kier alpha value is -3.22. The van der Waals surface area contributed by atoms with Crippen LogP contribution in [0.3, 0.4) is 0 Å². The van der Waals surface area contributed by atoms with Gasteiger partial charge < -0.3 is 10.1 Å². The Labute approximate surface area is 151 Å². The Morgan fingerprint density at radius 1 is 1.27 bits per heavy atom. The first-order valence-electron chi connectivity index (χ1n) is 8.16. The maximum Gasteiger partial charge on any atom is 0.228 e. The molecule has 0 unspecified atom stereocenters. The van der Waals surface area contributed by atoms with Crippen molar-refractivity contribution in [2.75, 3.05) is 12.4 Å². The molecule has 1 amide bonds. The summed E-state index contributed by atoms with van der Waals surface area (Å²) >= 11 is 0. The van der Waals surface area contributed by atoms with Crippen molar-refractivity contribution in [2.45, 2.75) is 20.3 Å². The molecule has 3 aromatic rings. The molecule has 134 valence electrons. The number of ether oxygens (including phenoxy) is 1. The monoisotopic (exact) mass is 352 g/mol. The quantitative estimate of drug-likeness (QED) is 0.714. The molecule has 0 saturated carbocycles. The lowest BCUT2D eigenvalue weighted by molar-refractivity contribution is -0.115. The molecule has 7 heteroatoms. The van der Waals surface area contributed by atoms with Crippen molar-refractivity contribution in [2.24, 2.45) is 7.05 Å². The van der Waals surface area contributed by atoms with E-state index in [2.05, 4.69) is 15.4 Å². The number of amides is 1. The number of fused-ring (bicyclic) bond motifs is 1. The summed E-state index contributed by atoms with van der Waals surface area (Å²) in [5.41, 5.74) is 3.41. The number of Topliss-reactive ketones (excluding diaryl/α,β-unsaturated/α-hetero) is 1. The average molecular weight is 352 g/mol. The summed E-state index contributed by atoms with van der Waals surface area (Å²) in [6, 6.07) is 6.93. The largest absolute Gasteiger partial charge is 0.496 e. The van der Waals surface area contributed by atoms with Gasteiger partial charge in [0.05, 0.1) is 31.1 Å². The van der Waals surface area contributed by atoms with Gasteiger partial charge in [-0.3, -0.25) is 14.3 Å². The SMILES string of the molecule is COc1ccc(C(C)=O)cc1CC(=O)Nc1cnc2c(c1)c(C)nn2C. The number of carbonyl (C=O) groups is 2. The van der Waals surface area contributed by atoms with E-state index in [1.807, 2.05) is 20.0 Å². The Morgan fingerprint density at radius 3 is 2.73 bits per heavy atom. The van der Waals surface area contributed by atoms with Gasteiger partial charge in [-0.15, -0.1) is 0 Å². The Kier molecular flexibility index (Phi) is 4.71. The predicted molar refractivity (Wildman–Crippen MR) is 98.6 cm³/mol. The van der Waals surface area contributed by atoms with Crippen molar-refractivity contribution in [1.82, 2.24) is 14.8 Å². The molecule has 3 rings (SSSR count). The maximum atomic E-state index is 12.5. The minimum atomic E-state index is -0.216. The fourth-order valence-electron chi connectivity index (χ4n) is 2.89. The molecule has 0 spiro atoms. The highest BCUT2D eigenvalue weighted by Gasteiger charge is 2.13. The number of ketones is 1. The van der Waals surface area contributed by atoms with Crippen LogP contribution in [0.2, 0.25) is 0 Å². The van der Waals surface area contributed by atoms with Crippen LogP contribution in [0.25, 0.3) is 11.0 Å². The molecule has 1 N–H and O–H groups in total. The molecule has 2 aromatic heterocycles. The number of benzene rings is 1. The summed E-state index contributed by atoms with van der Waals surface area (Å²) in [5, 5.41) is 8.05. The van der Waals surface area contributed by atoms with Gasteiger partial charge >= 0.3 is 0 Å². The molecule has 0 aliphatic carbocycles. The molecule has 0 radical (unpaired) electrons. The van der Waals surface area contributed by atoms with Gasteiger partial charge in [0.2, 0.25) is 5.91 Å². The van der Waals surface area contributed by atoms with Crippen molar-refractivity contribution in [3.05, 3.63) is 47.3 Å². The highest BCUT2D eigenvalue weighted by molar-refractivity contribution is 5.96. The summed E-state index contributed by atoms with van der Waals surface area (Å²) in [5.74, 6) is 0.296. The van der Waals surface area contributed by atoms with E-state index in [9.17, 15) is 9.59 Å². The summed E-state index contributed by atoms with van der Waals surface area (Å²) < 4.78 is 7.00. The molecular weight excluding hydrogens is 332 g/mol. The van der Waals surface area contributed by atoms with Crippen LogP contribution in [-0.2, 0) is 18.3 Å². The van der Waals surface area contributed by atoms with E-state index in [1.165, 1.54) is 14.0 Å². The zero-order chi connectivity index (χ0) is 18.8. The average Bonchev–Trinajstić information content (AvgIpc) is 2.88. The highest BCUT2D eigenvalue weighted by atomic mass is 16.5. The summed E-state index contributed by atoms with van der Waals surface area (Å²) in [6.45, 7) is 3.39. The van der Waals surface area contributed by atoms with Crippen LogP contribution in [0.5, 0.6) is 5.75 Å². The number of rotatable bonds is 5. The van der Waals surface area contributed by atoms with Crippen LogP contribution in [0, 0.1) is 6.92 Å². The first kappa shape index (κ1) is 17.6. The van der Waals surface area contributed by atoms with E-state index in [4.69, 9.17) is 4.74 Å². The van der Waals surface area contributed by atoms with Crippen molar-refractivity contribution in [3.8, 4) is 5.75 Å². The number of methoxy groups -OCH3 is 1. The van der Waals surface area contributed by atoms with Gasteiger partial charge in [0.1, 0.15) is 5.75 Å². The van der Waals surface area contributed by atoms with Gasteiger partial charge in [-0.05, 0) is 38.1 Å². The van der Waals surface area contributed by atoms with Gasteiger partial charge in [0, 0.05) is 23.6 Å². The number of aryl methyl sites for hydroxylation is 2. The second-order valence-corrected chi connectivity index (χ2v) is 6.11. The third-order valence-electron chi connectivity index (χ3n) is 4.18. The van der Waals surface area contributed by atoms with E-state index in [0.29, 0.717) is 22.6 Å². The zero-order valence-electron chi connectivity index (χ0n) is 15.2. The lowest BCUT2D eigenvalue weighted by Crippen LogP contribution is -2.15. The summed E-state index contributed by atoms with van der Waals surface area (Å²) in [6.07, 6.45) is 1.69. The van der Waals surface area contributed by atoms with Crippen molar-refractivity contribution < 1.29 is 14.3 Å². The van der Waals surface area contributed by atoms with E-state index in [1.54, 1.807) is 29.1 Å². The summed E-state index contributed by atoms with van der Waals surface area (Å²) in [4.78, 5) is 28.4. The van der Waals surface area contributed by atoms with Crippen LogP contribution in [0.1, 0.15) is 28.5 Å². The number of aromatic nitrogens is 3. The summed E-state index contributed by atoms with van der Waals surface area (Å²) in [7, 11) is 3.36. The van der Waals surface area contributed by atoms with Crippen molar-refractivity contribution in [1.29, 1.82) is 0 Å². The molecule has 0 aliphatic heterocycles. The minimum Gasteiger partial charge on any atom is -0.496 e. The Balaban J connectivity index is 1.82. The van der Waals surface area contributed by atoms with Crippen LogP contribution in [0.15, 0.2) is 30.5 Å². The van der Waals surface area contributed by atoms with E-state index < -0.39 is 0 Å². The second kappa shape index (κ2) is 6.95. The van der Waals surface area contributed by atoms with Crippen LogP contribution < -0.4 is 10.1 Å². The van der Waals surface area contributed by atoms with Gasteiger partial charge in [0.25, 0.3) is 0 Å². The first-order valence-corrected chi connectivity index (χ1v) is 8.16. The molecule has 0 aliphatic rings. The lowest BCUT2D eigenvalue weighted by atomic mass is 10.0. The van der Waals surface area contributed by atoms with Crippen LogP contribution in [-0.4, -0.2) is 33.6 Å². The van der Waals surface area contributed by atoms with Crippen LogP contribution in [0.4, 0.5) is 5.69 Å². The number of nitrogens with zero attached hydrogens (tertiary/aromatic N) is 3. The van der Waals surface area contributed by atoms with Gasteiger partial charge in [0.15, 0.2) is 11.4 Å². The minimum absolute atomic E-state index is 0.0592. The Bertz CT molecular complexity index is 1010. The fourth-order valence-corrected chi connectivity index (χ4v) is 2.89. The molecule has 1 aromatic carbocycles. The molecule has 0 saturated heterocycles. The molecule has 0 atom stereocenters. The number of hydrogen-bond donors (Lipinski definition) is 1. The van der Waals surface area contributed by atoms with Gasteiger partial charge in [-0.25, -0.2) is 4.98 Å². The highest BCUT2D eigenvalue weighted by Crippen LogP contribution is 2.22. The first-order chi connectivity index (χ1) is 12.4. The number of nitrogens with one attached hydrogen (secondary N) is 1. The number of carbonyl (C=O) groups excluding carboxylic acids is 2.